The molecule has 1 aliphatic rings. The van der Waals surface area contributed by atoms with Crippen LogP contribution < -0.4 is 4.98 Å². The third-order valence-electron chi connectivity index (χ3n) is 4.37. The lowest BCUT2D eigenvalue weighted by Gasteiger charge is -2.22. The number of carbonyl (C=O) groups excluding carboxylic acids is 1. The third-order valence-corrected chi connectivity index (χ3v) is 5.39. The molecule has 0 spiro atoms. The van der Waals surface area contributed by atoms with Crippen LogP contribution in [0.1, 0.15) is 21.5 Å². The van der Waals surface area contributed by atoms with Crippen LogP contribution in [0, 0.1) is 0 Å². The summed E-state index contributed by atoms with van der Waals surface area (Å²) in [6.07, 6.45) is 1.99. The highest BCUT2D eigenvalue weighted by atomic mass is 28.3. The van der Waals surface area contributed by atoms with Crippen LogP contribution in [0.25, 0.3) is 22.6 Å². The first-order valence-electron chi connectivity index (χ1n) is 8.76. The number of hydrogen-bond donors (Lipinski definition) is 1. The standard InChI is InChI=1S/C22H21NO2Si/c1-26(2,3)23-20-13-12-15-8-4-5-9-16(15)19(20)14-21-17-10-6-7-11-18(17)22(24)25-21/h4-14,23H,1-3H3/b21-14-. The Bertz CT molecular complexity index is 1050. The Balaban J connectivity index is 1.93. The SMILES string of the molecule is C[Si](C)(C)Nc1ccc2ccccc2c1/C=C1\OC(=O)c2ccccc21. The number of cyclic esters (lactones) is 1. The van der Waals surface area contributed by atoms with Gasteiger partial charge in [-0.25, -0.2) is 4.79 Å². The maximum absolute atomic E-state index is 12.2. The van der Waals surface area contributed by atoms with Crippen molar-refractivity contribution in [2.75, 3.05) is 4.98 Å². The maximum atomic E-state index is 12.2. The topological polar surface area (TPSA) is 38.3 Å². The van der Waals surface area contributed by atoms with Gasteiger partial charge in [0.2, 0.25) is 0 Å². The number of rotatable bonds is 3. The summed E-state index contributed by atoms with van der Waals surface area (Å²) in [5.74, 6) is 0.326. The first-order valence-corrected chi connectivity index (χ1v) is 12.3. The predicted molar refractivity (Wildman–Crippen MR) is 111 cm³/mol. The number of esters is 1. The molecular formula is C22H21NO2Si. The van der Waals surface area contributed by atoms with E-state index in [9.17, 15) is 4.79 Å². The molecule has 0 amide bonds. The number of anilines is 1. The number of fused-ring (bicyclic) bond motifs is 2. The van der Waals surface area contributed by atoms with E-state index in [1.807, 2.05) is 42.5 Å². The Morgan fingerprint density at radius 1 is 0.885 bits per heavy atom. The molecule has 130 valence electrons. The van der Waals surface area contributed by atoms with Crippen LogP contribution in [0.2, 0.25) is 19.6 Å². The molecule has 3 aromatic carbocycles. The number of benzene rings is 3. The molecule has 0 saturated heterocycles. The number of carbonyl (C=O) groups is 1. The van der Waals surface area contributed by atoms with Gasteiger partial charge in [0.05, 0.1) is 5.56 Å². The molecule has 1 heterocycles. The van der Waals surface area contributed by atoms with Crippen molar-refractivity contribution >= 4 is 42.5 Å². The van der Waals surface area contributed by atoms with Gasteiger partial charge in [-0.2, -0.15) is 0 Å². The summed E-state index contributed by atoms with van der Waals surface area (Å²) < 4.78 is 5.58. The van der Waals surface area contributed by atoms with Crippen LogP contribution in [-0.4, -0.2) is 14.2 Å². The van der Waals surface area contributed by atoms with E-state index >= 15 is 0 Å². The molecule has 0 unspecified atom stereocenters. The van der Waals surface area contributed by atoms with E-state index < -0.39 is 8.24 Å². The van der Waals surface area contributed by atoms with Gasteiger partial charge in [-0.15, -0.1) is 0 Å². The van der Waals surface area contributed by atoms with Gasteiger partial charge in [0, 0.05) is 16.8 Å². The lowest BCUT2D eigenvalue weighted by molar-refractivity contribution is 0.0717. The van der Waals surface area contributed by atoms with Crippen LogP contribution in [-0.2, 0) is 4.74 Å². The van der Waals surface area contributed by atoms with E-state index in [0.29, 0.717) is 11.3 Å². The van der Waals surface area contributed by atoms with Gasteiger partial charge in [0.15, 0.2) is 0 Å². The summed E-state index contributed by atoms with van der Waals surface area (Å²) in [6.45, 7) is 6.80. The summed E-state index contributed by atoms with van der Waals surface area (Å²) in [7, 11) is -1.54. The first-order chi connectivity index (χ1) is 12.4. The molecule has 0 fully saturated rings. The van der Waals surface area contributed by atoms with E-state index in [1.54, 1.807) is 0 Å². The minimum absolute atomic E-state index is 0.285. The third kappa shape index (κ3) is 3.04. The minimum Gasteiger partial charge on any atom is -0.422 e. The molecular weight excluding hydrogens is 338 g/mol. The highest BCUT2D eigenvalue weighted by Crippen LogP contribution is 2.35. The van der Waals surface area contributed by atoms with Crippen molar-refractivity contribution in [3.8, 4) is 0 Å². The van der Waals surface area contributed by atoms with Crippen LogP contribution in [0.15, 0.2) is 60.7 Å². The Morgan fingerprint density at radius 3 is 2.35 bits per heavy atom. The molecule has 0 aromatic heterocycles. The maximum Gasteiger partial charge on any atom is 0.344 e. The molecule has 0 radical (unpaired) electrons. The number of ether oxygens (including phenoxy) is 1. The molecule has 3 aromatic rings. The van der Waals surface area contributed by atoms with Crippen LogP contribution >= 0.6 is 0 Å². The first kappa shape index (κ1) is 16.6. The van der Waals surface area contributed by atoms with E-state index in [4.69, 9.17) is 4.74 Å². The minimum atomic E-state index is -1.54. The molecule has 26 heavy (non-hydrogen) atoms. The summed E-state index contributed by atoms with van der Waals surface area (Å²) in [4.78, 5) is 15.9. The average molecular weight is 360 g/mol. The zero-order valence-electron chi connectivity index (χ0n) is 15.2. The van der Waals surface area contributed by atoms with Gasteiger partial charge in [0.25, 0.3) is 0 Å². The average Bonchev–Trinajstić information content (AvgIpc) is 2.92. The summed E-state index contributed by atoms with van der Waals surface area (Å²) in [6, 6.07) is 20.1. The largest absolute Gasteiger partial charge is 0.422 e. The molecule has 0 bridgehead atoms. The van der Waals surface area contributed by atoms with Gasteiger partial charge in [0.1, 0.15) is 14.0 Å². The van der Waals surface area contributed by atoms with Crippen LogP contribution in [0.4, 0.5) is 5.69 Å². The van der Waals surface area contributed by atoms with Gasteiger partial charge in [-0.3, -0.25) is 0 Å². The summed E-state index contributed by atoms with van der Waals surface area (Å²) in [5.41, 5.74) is 3.61. The van der Waals surface area contributed by atoms with Crippen molar-refractivity contribution in [2.24, 2.45) is 0 Å². The van der Waals surface area contributed by atoms with Crippen LogP contribution in [0.5, 0.6) is 0 Å². The summed E-state index contributed by atoms with van der Waals surface area (Å²) >= 11 is 0. The van der Waals surface area contributed by atoms with E-state index in [1.165, 1.54) is 0 Å². The zero-order chi connectivity index (χ0) is 18.3. The lowest BCUT2D eigenvalue weighted by Crippen LogP contribution is -2.32. The van der Waals surface area contributed by atoms with Crippen molar-refractivity contribution < 1.29 is 9.53 Å². The molecule has 1 N–H and O–H groups in total. The quantitative estimate of drug-likeness (QED) is 0.477. The zero-order valence-corrected chi connectivity index (χ0v) is 16.2. The van der Waals surface area contributed by atoms with Gasteiger partial charge < -0.3 is 9.72 Å². The molecule has 4 rings (SSSR count). The second-order valence-corrected chi connectivity index (χ2v) is 12.3. The normalized spacial score (nSPS) is 15.2. The van der Waals surface area contributed by atoms with E-state index in [-0.39, 0.29) is 5.97 Å². The van der Waals surface area contributed by atoms with Crippen molar-refractivity contribution in [1.29, 1.82) is 0 Å². The van der Waals surface area contributed by atoms with Crippen molar-refractivity contribution in [3.05, 3.63) is 77.4 Å². The molecule has 1 aliphatic heterocycles. The molecule has 0 atom stereocenters. The molecule has 3 nitrogen and oxygen atoms in total. The van der Waals surface area contributed by atoms with E-state index in [2.05, 4.69) is 48.9 Å². The summed E-state index contributed by atoms with van der Waals surface area (Å²) in [5, 5.41) is 2.31. The monoisotopic (exact) mass is 359 g/mol. The molecule has 4 heteroatoms. The highest BCUT2D eigenvalue weighted by molar-refractivity contribution is 6.79. The second-order valence-electron chi connectivity index (χ2n) is 7.57. The Kier molecular flexibility index (Phi) is 3.92. The fourth-order valence-corrected chi connectivity index (χ4v) is 4.31. The second kappa shape index (κ2) is 6.14. The fraction of sp³-hybridized carbons (Fsp3) is 0.136. The predicted octanol–water partition coefficient (Wildman–Crippen LogP) is 5.76. The Morgan fingerprint density at radius 2 is 1.58 bits per heavy atom. The molecule has 0 aliphatic carbocycles. The Labute approximate surface area is 154 Å². The van der Waals surface area contributed by atoms with Crippen LogP contribution in [0.3, 0.4) is 0 Å². The number of hydrogen-bond acceptors (Lipinski definition) is 3. The highest BCUT2D eigenvalue weighted by Gasteiger charge is 2.26. The Hall–Kier alpha value is -2.85. The van der Waals surface area contributed by atoms with Crippen molar-refractivity contribution in [2.45, 2.75) is 19.6 Å². The van der Waals surface area contributed by atoms with E-state index in [0.717, 1.165) is 27.6 Å². The number of nitrogens with one attached hydrogen (secondary N) is 1. The van der Waals surface area contributed by atoms with Gasteiger partial charge in [-0.05, 0) is 29.0 Å². The smallest absolute Gasteiger partial charge is 0.344 e. The van der Waals surface area contributed by atoms with Gasteiger partial charge in [-0.1, -0.05) is 68.2 Å². The lowest BCUT2D eigenvalue weighted by atomic mass is 10.0. The molecule has 0 saturated carbocycles. The van der Waals surface area contributed by atoms with Gasteiger partial charge >= 0.3 is 5.97 Å². The fourth-order valence-electron chi connectivity index (χ4n) is 3.29. The van der Waals surface area contributed by atoms with Crippen molar-refractivity contribution in [3.63, 3.8) is 0 Å². The van der Waals surface area contributed by atoms with Crippen molar-refractivity contribution in [1.82, 2.24) is 0 Å².